The molecule has 0 aromatic heterocycles. The van der Waals surface area contributed by atoms with Crippen LogP contribution in [0.3, 0.4) is 0 Å². The van der Waals surface area contributed by atoms with Crippen molar-refractivity contribution in [3.63, 3.8) is 0 Å². The molecule has 134 valence electrons. The Labute approximate surface area is 153 Å². The number of ether oxygens (including phenoxy) is 1. The highest BCUT2D eigenvalue weighted by atomic mass is 16.5. The van der Waals surface area contributed by atoms with E-state index in [1.165, 1.54) is 12.5 Å². The Kier molecular flexibility index (Phi) is 4.96. The molecule has 3 aromatic rings. The molecule has 26 heavy (non-hydrogen) atoms. The molecule has 0 aliphatic rings. The molecule has 1 atom stereocenters. The van der Waals surface area contributed by atoms with Gasteiger partial charge in [0.25, 0.3) is 0 Å². The van der Waals surface area contributed by atoms with Gasteiger partial charge in [-0.3, -0.25) is 4.79 Å². The lowest BCUT2D eigenvalue weighted by molar-refractivity contribution is -0.157. The SMILES string of the molecule is COC(=O)C(C)(C)C(O)c1ccc(Nc2cccc3ccccc23)cc1. The predicted octanol–water partition coefficient (Wildman–Crippen LogP) is 4.82. The van der Waals surface area contributed by atoms with Crippen LogP contribution < -0.4 is 5.32 Å². The zero-order chi connectivity index (χ0) is 18.7. The summed E-state index contributed by atoms with van der Waals surface area (Å²) in [6.45, 7) is 3.34. The fourth-order valence-electron chi connectivity index (χ4n) is 3.03. The third-order valence-electron chi connectivity index (χ3n) is 4.69. The van der Waals surface area contributed by atoms with Gasteiger partial charge in [0, 0.05) is 16.8 Å². The van der Waals surface area contributed by atoms with Gasteiger partial charge in [0.2, 0.25) is 0 Å². The summed E-state index contributed by atoms with van der Waals surface area (Å²) < 4.78 is 4.79. The summed E-state index contributed by atoms with van der Waals surface area (Å²) in [5.41, 5.74) is 1.59. The van der Waals surface area contributed by atoms with Crippen LogP contribution in [0.1, 0.15) is 25.5 Å². The number of carbonyl (C=O) groups is 1. The number of benzene rings is 3. The van der Waals surface area contributed by atoms with Crippen molar-refractivity contribution in [3.8, 4) is 0 Å². The summed E-state index contributed by atoms with van der Waals surface area (Å²) in [7, 11) is 1.33. The van der Waals surface area contributed by atoms with Crippen molar-refractivity contribution in [3.05, 3.63) is 72.3 Å². The van der Waals surface area contributed by atoms with Crippen molar-refractivity contribution in [2.24, 2.45) is 5.41 Å². The molecule has 4 heteroatoms. The molecule has 0 radical (unpaired) electrons. The van der Waals surface area contributed by atoms with Crippen molar-refractivity contribution >= 4 is 28.1 Å². The first-order chi connectivity index (χ1) is 12.4. The Balaban J connectivity index is 1.83. The Morgan fingerprint density at radius 1 is 1.00 bits per heavy atom. The van der Waals surface area contributed by atoms with Gasteiger partial charge in [0.15, 0.2) is 0 Å². The quantitative estimate of drug-likeness (QED) is 0.649. The van der Waals surface area contributed by atoms with E-state index >= 15 is 0 Å². The highest BCUT2D eigenvalue weighted by Crippen LogP contribution is 2.35. The standard InChI is InChI=1S/C22H23NO3/c1-22(2,21(25)26-3)20(24)16-11-13-17(14-12-16)23-19-10-6-8-15-7-4-5-9-18(15)19/h4-14,20,23-24H,1-3H3. The van der Waals surface area contributed by atoms with Crippen molar-refractivity contribution in [2.45, 2.75) is 20.0 Å². The molecule has 0 spiro atoms. The Hall–Kier alpha value is -2.85. The minimum absolute atomic E-state index is 0.442. The van der Waals surface area contributed by atoms with Gasteiger partial charge < -0.3 is 15.2 Å². The second-order valence-electron chi connectivity index (χ2n) is 6.89. The second-order valence-corrected chi connectivity index (χ2v) is 6.89. The van der Waals surface area contributed by atoms with E-state index in [9.17, 15) is 9.90 Å². The Morgan fingerprint density at radius 2 is 1.65 bits per heavy atom. The number of rotatable bonds is 5. The normalized spacial score (nSPS) is 12.6. The molecule has 3 aromatic carbocycles. The summed E-state index contributed by atoms with van der Waals surface area (Å²) in [5, 5.41) is 16.3. The van der Waals surface area contributed by atoms with Gasteiger partial charge in [-0.05, 0) is 43.0 Å². The van der Waals surface area contributed by atoms with Crippen molar-refractivity contribution in [1.82, 2.24) is 0 Å². The number of hydrogen-bond acceptors (Lipinski definition) is 4. The van der Waals surface area contributed by atoms with Crippen LogP contribution in [-0.4, -0.2) is 18.2 Å². The molecule has 0 aliphatic heterocycles. The van der Waals surface area contributed by atoms with Crippen LogP contribution in [-0.2, 0) is 9.53 Å². The van der Waals surface area contributed by atoms with Crippen LogP contribution in [0.25, 0.3) is 10.8 Å². The molecule has 0 amide bonds. The van der Waals surface area contributed by atoms with E-state index < -0.39 is 17.5 Å². The van der Waals surface area contributed by atoms with Gasteiger partial charge in [0.1, 0.15) is 0 Å². The maximum atomic E-state index is 11.9. The first-order valence-corrected chi connectivity index (χ1v) is 8.54. The van der Waals surface area contributed by atoms with Gasteiger partial charge >= 0.3 is 5.97 Å². The molecule has 1 unspecified atom stereocenters. The first-order valence-electron chi connectivity index (χ1n) is 8.54. The summed E-state index contributed by atoms with van der Waals surface area (Å²) in [6, 6.07) is 21.8. The molecule has 0 aliphatic carbocycles. The number of hydrogen-bond donors (Lipinski definition) is 2. The monoisotopic (exact) mass is 349 g/mol. The first kappa shape index (κ1) is 18.0. The number of methoxy groups -OCH3 is 1. The van der Waals surface area contributed by atoms with E-state index in [-0.39, 0.29) is 0 Å². The van der Waals surface area contributed by atoms with Gasteiger partial charge in [-0.15, -0.1) is 0 Å². The van der Waals surface area contributed by atoms with Crippen molar-refractivity contribution in [2.75, 3.05) is 12.4 Å². The van der Waals surface area contributed by atoms with Crippen LogP contribution >= 0.6 is 0 Å². The molecule has 0 saturated carbocycles. The number of nitrogens with one attached hydrogen (secondary N) is 1. The number of esters is 1. The number of anilines is 2. The minimum atomic E-state index is -1.01. The van der Waals surface area contributed by atoms with Crippen LogP contribution in [0, 0.1) is 5.41 Å². The summed E-state index contributed by atoms with van der Waals surface area (Å²) in [4.78, 5) is 11.9. The average Bonchev–Trinajstić information content (AvgIpc) is 2.67. The molecule has 0 bridgehead atoms. The molecular weight excluding hydrogens is 326 g/mol. The van der Waals surface area contributed by atoms with E-state index in [1.807, 2.05) is 48.5 Å². The molecule has 0 heterocycles. The number of aliphatic hydroxyl groups excluding tert-OH is 1. The largest absolute Gasteiger partial charge is 0.469 e. The maximum Gasteiger partial charge on any atom is 0.314 e. The third-order valence-corrected chi connectivity index (χ3v) is 4.69. The fraction of sp³-hybridized carbons (Fsp3) is 0.227. The molecule has 0 saturated heterocycles. The van der Waals surface area contributed by atoms with Crippen LogP contribution in [0.5, 0.6) is 0 Å². The van der Waals surface area contributed by atoms with Gasteiger partial charge in [-0.25, -0.2) is 0 Å². The smallest absolute Gasteiger partial charge is 0.314 e. The maximum absolute atomic E-state index is 11.9. The van der Waals surface area contributed by atoms with Gasteiger partial charge in [-0.1, -0.05) is 48.5 Å². The number of carbonyl (C=O) groups excluding carboxylic acids is 1. The second kappa shape index (κ2) is 7.18. The van der Waals surface area contributed by atoms with Gasteiger partial charge in [-0.2, -0.15) is 0 Å². The van der Waals surface area contributed by atoms with Crippen molar-refractivity contribution < 1.29 is 14.6 Å². The zero-order valence-electron chi connectivity index (χ0n) is 15.2. The Morgan fingerprint density at radius 3 is 2.35 bits per heavy atom. The van der Waals surface area contributed by atoms with Crippen LogP contribution in [0.4, 0.5) is 11.4 Å². The van der Waals surface area contributed by atoms with E-state index in [0.29, 0.717) is 5.56 Å². The summed E-state index contributed by atoms with van der Waals surface area (Å²) >= 11 is 0. The third kappa shape index (κ3) is 3.41. The van der Waals surface area contributed by atoms with Crippen LogP contribution in [0.15, 0.2) is 66.7 Å². The van der Waals surface area contributed by atoms with Gasteiger partial charge in [0.05, 0.1) is 18.6 Å². The Bertz CT molecular complexity index is 911. The summed E-state index contributed by atoms with van der Waals surface area (Å²) in [5.74, 6) is -0.442. The molecular formula is C22H23NO3. The lowest BCUT2D eigenvalue weighted by Gasteiger charge is -2.28. The van der Waals surface area contributed by atoms with E-state index in [4.69, 9.17) is 4.74 Å². The fourth-order valence-corrected chi connectivity index (χ4v) is 3.03. The number of aliphatic hydroxyl groups is 1. The predicted molar refractivity (Wildman–Crippen MR) is 104 cm³/mol. The highest BCUT2D eigenvalue weighted by molar-refractivity contribution is 5.95. The zero-order valence-corrected chi connectivity index (χ0v) is 15.2. The van der Waals surface area contributed by atoms with E-state index in [1.54, 1.807) is 13.8 Å². The molecule has 0 fully saturated rings. The number of fused-ring (bicyclic) bond motifs is 1. The average molecular weight is 349 g/mol. The lowest BCUT2D eigenvalue weighted by Crippen LogP contribution is -2.32. The minimum Gasteiger partial charge on any atom is -0.469 e. The molecule has 3 rings (SSSR count). The summed E-state index contributed by atoms with van der Waals surface area (Å²) in [6.07, 6.45) is -0.943. The van der Waals surface area contributed by atoms with Crippen molar-refractivity contribution in [1.29, 1.82) is 0 Å². The lowest BCUT2D eigenvalue weighted by atomic mass is 9.82. The van der Waals surface area contributed by atoms with E-state index in [2.05, 4.69) is 23.5 Å². The topological polar surface area (TPSA) is 58.6 Å². The van der Waals surface area contributed by atoms with E-state index in [0.717, 1.165) is 16.8 Å². The molecule has 4 nitrogen and oxygen atoms in total. The molecule has 2 N–H and O–H groups in total. The van der Waals surface area contributed by atoms with Crippen LogP contribution in [0.2, 0.25) is 0 Å². The highest BCUT2D eigenvalue weighted by Gasteiger charge is 2.37.